The Balaban J connectivity index is 3.32. The van der Waals surface area contributed by atoms with Crippen molar-refractivity contribution in [1.82, 2.24) is 9.97 Å². The van der Waals surface area contributed by atoms with Crippen LogP contribution in [0.3, 0.4) is 0 Å². The molecule has 0 atom stereocenters. The second-order valence-electron chi connectivity index (χ2n) is 4.10. The maximum Gasteiger partial charge on any atom is 0.329 e. The third-order valence-electron chi connectivity index (χ3n) is 2.39. The first-order valence-electron chi connectivity index (χ1n) is 5.61. The summed E-state index contributed by atoms with van der Waals surface area (Å²) in [6.07, 6.45) is 1.10. The molecule has 1 heterocycles. The SMILES string of the molecule is CNc1ncc([N+](=O)[O-])c(N(CC(N)=O)C(C)C)n1. The molecule has 0 aromatic carbocycles. The van der Waals surface area contributed by atoms with Gasteiger partial charge in [-0.15, -0.1) is 0 Å². The van der Waals surface area contributed by atoms with Gasteiger partial charge in [-0.3, -0.25) is 14.9 Å². The molecule has 9 nitrogen and oxygen atoms in total. The molecule has 0 aliphatic carbocycles. The Labute approximate surface area is 110 Å². The molecular formula is C10H16N6O3. The number of rotatable bonds is 6. The molecule has 0 fully saturated rings. The summed E-state index contributed by atoms with van der Waals surface area (Å²) in [6.45, 7) is 3.42. The molecule has 0 saturated carbocycles. The maximum absolute atomic E-state index is 11.1. The largest absolute Gasteiger partial charge is 0.368 e. The lowest BCUT2D eigenvalue weighted by molar-refractivity contribution is -0.384. The first kappa shape index (κ1) is 14.6. The summed E-state index contributed by atoms with van der Waals surface area (Å²) in [7, 11) is 1.60. The lowest BCUT2D eigenvalue weighted by Gasteiger charge is -2.25. The predicted octanol–water partition coefficient (Wildman–Crippen LogP) is 0.127. The Kier molecular flexibility index (Phi) is 4.56. The van der Waals surface area contributed by atoms with Gasteiger partial charge in [0.1, 0.15) is 6.20 Å². The minimum Gasteiger partial charge on any atom is -0.368 e. The third-order valence-corrected chi connectivity index (χ3v) is 2.39. The highest BCUT2D eigenvalue weighted by atomic mass is 16.6. The Bertz CT molecular complexity index is 490. The topological polar surface area (TPSA) is 127 Å². The van der Waals surface area contributed by atoms with E-state index in [4.69, 9.17) is 5.73 Å². The number of hydrogen-bond acceptors (Lipinski definition) is 7. The highest BCUT2D eigenvalue weighted by molar-refractivity contribution is 5.80. The molecule has 0 unspecified atom stereocenters. The minimum atomic E-state index is -0.592. The van der Waals surface area contributed by atoms with Gasteiger partial charge in [0.25, 0.3) is 0 Å². The van der Waals surface area contributed by atoms with E-state index in [1.54, 1.807) is 20.9 Å². The van der Waals surface area contributed by atoms with Crippen LogP contribution in [0, 0.1) is 10.1 Å². The quantitative estimate of drug-likeness (QED) is 0.554. The van der Waals surface area contributed by atoms with Crippen molar-refractivity contribution in [2.75, 3.05) is 23.8 Å². The monoisotopic (exact) mass is 268 g/mol. The van der Waals surface area contributed by atoms with E-state index in [-0.39, 0.29) is 30.0 Å². The summed E-state index contributed by atoms with van der Waals surface area (Å²) in [4.78, 5) is 30.8. The lowest BCUT2D eigenvalue weighted by Crippen LogP contribution is -2.39. The molecule has 1 aromatic rings. The van der Waals surface area contributed by atoms with Crippen molar-refractivity contribution in [3.63, 3.8) is 0 Å². The summed E-state index contributed by atoms with van der Waals surface area (Å²) in [6, 6.07) is -0.175. The van der Waals surface area contributed by atoms with E-state index in [1.807, 2.05) is 0 Å². The fourth-order valence-electron chi connectivity index (χ4n) is 1.50. The van der Waals surface area contributed by atoms with Crippen molar-refractivity contribution in [2.24, 2.45) is 5.73 Å². The van der Waals surface area contributed by atoms with Gasteiger partial charge >= 0.3 is 5.69 Å². The van der Waals surface area contributed by atoms with E-state index >= 15 is 0 Å². The number of nitro groups is 1. The van der Waals surface area contributed by atoms with Crippen LogP contribution in [0.4, 0.5) is 17.5 Å². The summed E-state index contributed by atoms with van der Waals surface area (Å²) in [5, 5.41) is 13.7. The van der Waals surface area contributed by atoms with Crippen LogP contribution in [0.1, 0.15) is 13.8 Å². The second kappa shape index (κ2) is 5.94. The van der Waals surface area contributed by atoms with Gasteiger partial charge in [-0.1, -0.05) is 0 Å². The number of carbonyl (C=O) groups is 1. The van der Waals surface area contributed by atoms with Crippen molar-refractivity contribution in [1.29, 1.82) is 0 Å². The molecule has 104 valence electrons. The van der Waals surface area contributed by atoms with Crippen LogP contribution in [-0.2, 0) is 4.79 Å². The number of primary amides is 1. The zero-order chi connectivity index (χ0) is 14.6. The smallest absolute Gasteiger partial charge is 0.329 e. The van der Waals surface area contributed by atoms with Gasteiger partial charge in [-0.05, 0) is 13.8 Å². The van der Waals surface area contributed by atoms with E-state index in [9.17, 15) is 14.9 Å². The van der Waals surface area contributed by atoms with E-state index in [0.717, 1.165) is 6.20 Å². The summed E-state index contributed by atoms with van der Waals surface area (Å²) in [5.41, 5.74) is 4.89. The van der Waals surface area contributed by atoms with Gasteiger partial charge in [0.2, 0.25) is 17.7 Å². The fourth-order valence-corrected chi connectivity index (χ4v) is 1.50. The Morgan fingerprint density at radius 2 is 2.26 bits per heavy atom. The number of amides is 1. The van der Waals surface area contributed by atoms with Gasteiger partial charge in [0.15, 0.2) is 0 Å². The van der Waals surface area contributed by atoms with Gasteiger partial charge in [-0.25, -0.2) is 4.98 Å². The first-order valence-corrected chi connectivity index (χ1v) is 5.61. The highest BCUT2D eigenvalue weighted by Crippen LogP contribution is 2.27. The normalized spacial score (nSPS) is 10.3. The molecule has 1 aromatic heterocycles. The number of nitrogens with one attached hydrogen (secondary N) is 1. The molecule has 0 bridgehead atoms. The van der Waals surface area contributed by atoms with Crippen molar-refractivity contribution in [2.45, 2.75) is 19.9 Å². The van der Waals surface area contributed by atoms with Crippen molar-refractivity contribution >= 4 is 23.4 Å². The van der Waals surface area contributed by atoms with E-state index < -0.39 is 10.8 Å². The number of carbonyl (C=O) groups excluding carboxylic acids is 1. The van der Waals surface area contributed by atoms with Gasteiger partial charge in [-0.2, -0.15) is 4.98 Å². The number of hydrogen-bond donors (Lipinski definition) is 2. The zero-order valence-corrected chi connectivity index (χ0v) is 11.0. The van der Waals surface area contributed by atoms with Crippen molar-refractivity contribution in [3.8, 4) is 0 Å². The van der Waals surface area contributed by atoms with Crippen LogP contribution in [0.2, 0.25) is 0 Å². The average molecular weight is 268 g/mol. The first-order chi connectivity index (χ1) is 8.86. The molecule has 3 N–H and O–H groups in total. The number of nitrogens with two attached hydrogens (primary N) is 1. The number of nitrogens with zero attached hydrogens (tertiary/aromatic N) is 4. The average Bonchev–Trinajstić information content (AvgIpc) is 2.34. The van der Waals surface area contributed by atoms with Gasteiger partial charge in [0, 0.05) is 13.1 Å². The molecule has 0 spiro atoms. The fraction of sp³-hybridized carbons (Fsp3) is 0.500. The number of anilines is 2. The van der Waals surface area contributed by atoms with E-state index in [2.05, 4.69) is 15.3 Å². The van der Waals surface area contributed by atoms with Gasteiger partial charge < -0.3 is 16.0 Å². The second-order valence-corrected chi connectivity index (χ2v) is 4.10. The van der Waals surface area contributed by atoms with Crippen molar-refractivity contribution in [3.05, 3.63) is 16.3 Å². The zero-order valence-electron chi connectivity index (χ0n) is 11.0. The molecule has 0 saturated heterocycles. The van der Waals surface area contributed by atoms with Crippen molar-refractivity contribution < 1.29 is 9.72 Å². The summed E-state index contributed by atoms with van der Waals surface area (Å²) < 4.78 is 0. The molecule has 0 aliphatic rings. The molecular weight excluding hydrogens is 252 g/mol. The Hall–Kier alpha value is -2.45. The van der Waals surface area contributed by atoms with Gasteiger partial charge in [0.05, 0.1) is 11.5 Å². The molecule has 1 amide bonds. The van der Waals surface area contributed by atoms with E-state index in [1.165, 1.54) is 4.90 Å². The molecule has 1 rings (SSSR count). The van der Waals surface area contributed by atoms with Crippen LogP contribution >= 0.6 is 0 Å². The van der Waals surface area contributed by atoms with Crippen LogP contribution in [-0.4, -0.2) is 40.4 Å². The lowest BCUT2D eigenvalue weighted by atomic mass is 10.3. The molecule has 19 heavy (non-hydrogen) atoms. The summed E-state index contributed by atoms with van der Waals surface area (Å²) in [5.74, 6) is -0.290. The van der Waals surface area contributed by atoms with Crippen LogP contribution < -0.4 is 16.0 Å². The Morgan fingerprint density at radius 1 is 1.63 bits per heavy atom. The predicted molar refractivity (Wildman–Crippen MR) is 69.9 cm³/mol. The van der Waals surface area contributed by atoms with E-state index in [0.29, 0.717) is 0 Å². The molecule has 0 radical (unpaired) electrons. The highest BCUT2D eigenvalue weighted by Gasteiger charge is 2.25. The van der Waals surface area contributed by atoms with Crippen LogP contribution in [0.5, 0.6) is 0 Å². The molecule has 9 heteroatoms. The third kappa shape index (κ3) is 3.50. The molecule has 0 aliphatic heterocycles. The number of aromatic nitrogens is 2. The summed E-state index contributed by atoms with van der Waals surface area (Å²) >= 11 is 0. The minimum absolute atomic E-state index is 0.0677. The van der Waals surface area contributed by atoms with Crippen LogP contribution in [0.25, 0.3) is 0 Å². The Morgan fingerprint density at radius 3 is 2.68 bits per heavy atom. The standard InChI is InChI=1S/C10H16N6O3/c1-6(2)15(5-8(11)17)9-7(16(18)19)4-13-10(12-3)14-9/h4,6H,5H2,1-3H3,(H2,11,17)(H,12,13,14). The maximum atomic E-state index is 11.1. The van der Waals surface area contributed by atoms with Crippen LogP contribution in [0.15, 0.2) is 6.20 Å².